The minimum Gasteiger partial charge on any atom is -0.273 e. The van der Waals surface area contributed by atoms with Gasteiger partial charge in [-0.1, -0.05) is 54.6 Å². The molecular weight excluding hydrogens is 248 g/mol. The third kappa shape index (κ3) is 3.12. The maximum absolute atomic E-state index is 11.4. The van der Waals surface area contributed by atoms with Gasteiger partial charge in [-0.25, -0.2) is 5.43 Å². The van der Waals surface area contributed by atoms with Crippen LogP contribution in [0.3, 0.4) is 0 Å². The molecule has 0 aliphatic heterocycles. The number of nitrogens with one attached hydrogen (secondary N) is 1. The van der Waals surface area contributed by atoms with Crippen molar-refractivity contribution in [1.82, 2.24) is 5.43 Å². The van der Waals surface area contributed by atoms with Crippen molar-refractivity contribution in [2.45, 2.75) is 12.8 Å². The summed E-state index contributed by atoms with van der Waals surface area (Å²) in [6, 6.07) is 18.3. The van der Waals surface area contributed by atoms with Crippen molar-refractivity contribution < 1.29 is 4.79 Å². The van der Waals surface area contributed by atoms with E-state index in [1.807, 2.05) is 30.3 Å². The number of hydrogen-bond donors (Lipinski definition) is 1. The standard InChI is InChI=1S/C17H16N2O/c20-17(16-10-11-16)19-18-12-13-6-8-15(9-7-13)14-4-2-1-3-5-14/h1-9,12,16H,10-11H2,(H,19,20)/b18-12+. The molecule has 0 radical (unpaired) electrons. The van der Waals surface area contributed by atoms with Crippen molar-refractivity contribution in [3.63, 3.8) is 0 Å². The quantitative estimate of drug-likeness (QED) is 0.668. The largest absolute Gasteiger partial charge is 0.273 e. The molecule has 3 rings (SSSR count). The second-order valence-electron chi connectivity index (χ2n) is 5.00. The van der Waals surface area contributed by atoms with Gasteiger partial charge in [-0.05, 0) is 29.5 Å². The van der Waals surface area contributed by atoms with E-state index in [2.05, 4.69) is 34.8 Å². The Bertz CT molecular complexity index is 613. The van der Waals surface area contributed by atoms with Gasteiger partial charge in [-0.3, -0.25) is 4.79 Å². The van der Waals surface area contributed by atoms with E-state index in [0.29, 0.717) is 0 Å². The first kappa shape index (κ1) is 12.6. The zero-order valence-corrected chi connectivity index (χ0v) is 11.1. The van der Waals surface area contributed by atoms with Crippen molar-refractivity contribution >= 4 is 12.1 Å². The third-order valence-electron chi connectivity index (χ3n) is 3.35. The molecular formula is C17H16N2O. The second-order valence-corrected chi connectivity index (χ2v) is 5.00. The average molecular weight is 264 g/mol. The number of benzene rings is 2. The molecule has 1 saturated carbocycles. The lowest BCUT2D eigenvalue weighted by Gasteiger charge is -2.01. The van der Waals surface area contributed by atoms with Crippen molar-refractivity contribution in [2.24, 2.45) is 11.0 Å². The molecule has 1 aliphatic carbocycles. The third-order valence-corrected chi connectivity index (χ3v) is 3.35. The molecule has 0 aromatic heterocycles. The lowest BCUT2D eigenvalue weighted by atomic mass is 10.0. The fraction of sp³-hybridized carbons (Fsp3) is 0.176. The molecule has 1 amide bonds. The van der Waals surface area contributed by atoms with E-state index in [0.717, 1.165) is 18.4 Å². The summed E-state index contributed by atoms with van der Waals surface area (Å²) in [5.41, 5.74) is 5.91. The molecule has 3 nitrogen and oxygen atoms in total. The van der Waals surface area contributed by atoms with E-state index in [-0.39, 0.29) is 11.8 Å². The number of rotatable bonds is 4. The van der Waals surface area contributed by atoms with Gasteiger partial charge in [0.2, 0.25) is 5.91 Å². The zero-order valence-electron chi connectivity index (χ0n) is 11.1. The summed E-state index contributed by atoms with van der Waals surface area (Å²) in [7, 11) is 0. The van der Waals surface area contributed by atoms with Gasteiger partial charge in [-0.15, -0.1) is 0 Å². The van der Waals surface area contributed by atoms with Gasteiger partial charge in [0.15, 0.2) is 0 Å². The number of amides is 1. The monoisotopic (exact) mass is 264 g/mol. The lowest BCUT2D eigenvalue weighted by Crippen LogP contribution is -2.18. The van der Waals surface area contributed by atoms with Crippen LogP contribution in [0.2, 0.25) is 0 Å². The van der Waals surface area contributed by atoms with Crippen LogP contribution < -0.4 is 5.43 Å². The molecule has 0 saturated heterocycles. The van der Waals surface area contributed by atoms with Crippen LogP contribution in [0.4, 0.5) is 0 Å². The SMILES string of the molecule is O=C(N/N=C/c1ccc(-c2ccccc2)cc1)C1CC1. The average Bonchev–Trinajstić information content (AvgIpc) is 3.33. The predicted molar refractivity (Wildman–Crippen MR) is 80.3 cm³/mol. The highest BCUT2D eigenvalue weighted by Gasteiger charge is 2.29. The van der Waals surface area contributed by atoms with Gasteiger partial charge in [0, 0.05) is 5.92 Å². The Labute approximate surface area is 118 Å². The number of carbonyl (C=O) groups is 1. The Balaban J connectivity index is 1.64. The summed E-state index contributed by atoms with van der Waals surface area (Å²) in [6.07, 6.45) is 3.66. The summed E-state index contributed by atoms with van der Waals surface area (Å²) in [4.78, 5) is 11.4. The Hall–Kier alpha value is -2.42. The highest BCUT2D eigenvalue weighted by Crippen LogP contribution is 2.28. The highest BCUT2D eigenvalue weighted by atomic mass is 16.2. The van der Waals surface area contributed by atoms with E-state index in [9.17, 15) is 4.79 Å². The molecule has 2 aromatic rings. The first-order chi connectivity index (χ1) is 9.83. The number of carbonyl (C=O) groups excluding carboxylic acids is 1. The predicted octanol–water partition coefficient (Wildman–Crippen LogP) is 3.21. The maximum atomic E-state index is 11.4. The molecule has 0 spiro atoms. The highest BCUT2D eigenvalue weighted by molar-refractivity contribution is 5.84. The summed E-state index contributed by atoms with van der Waals surface area (Å²) in [5, 5.41) is 3.98. The van der Waals surface area contributed by atoms with Gasteiger partial charge >= 0.3 is 0 Å². The smallest absolute Gasteiger partial charge is 0.243 e. The molecule has 0 atom stereocenters. The van der Waals surface area contributed by atoms with Gasteiger partial charge in [0.1, 0.15) is 0 Å². The van der Waals surface area contributed by atoms with Gasteiger partial charge in [0.05, 0.1) is 6.21 Å². The molecule has 20 heavy (non-hydrogen) atoms. The zero-order chi connectivity index (χ0) is 13.8. The van der Waals surface area contributed by atoms with Crippen LogP contribution in [-0.4, -0.2) is 12.1 Å². The van der Waals surface area contributed by atoms with Crippen LogP contribution in [0, 0.1) is 5.92 Å². The summed E-state index contributed by atoms with van der Waals surface area (Å²) in [5.74, 6) is 0.217. The Morgan fingerprint density at radius 2 is 1.65 bits per heavy atom. The van der Waals surface area contributed by atoms with Crippen LogP contribution in [0.15, 0.2) is 59.7 Å². The molecule has 1 fully saturated rings. The molecule has 1 N–H and O–H groups in total. The van der Waals surface area contributed by atoms with Gasteiger partial charge < -0.3 is 0 Å². The first-order valence-corrected chi connectivity index (χ1v) is 6.81. The molecule has 0 bridgehead atoms. The minimum atomic E-state index is 0.0298. The Morgan fingerprint density at radius 3 is 2.30 bits per heavy atom. The molecule has 100 valence electrons. The van der Waals surface area contributed by atoms with E-state index in [4.69, 9.17) is 0 Å². The molecule has 0 heterocycles. The van der Waals surface area contributed by atoms with Crippen molar-refractivity contribution in [1.29, 1.82) is 0 Å². The van der Waals surface area contributed by atoms with Crippen LogP contribution in [-0.2, 0) is 4.79 Å². The lowest BCUT2D eigenvalue weighted by molar-refractivity contribution is -0.122. The topological polar surface area (TPSA) is 41.5 Å². The van der Waals surface area contributed by atoms with Crippen LogP contribution >= 0.6 is 0 Å². The Kier molecular flexibility index (Phi) is 3.59. The summed E-state index contributed by atoms with van der Waals surface area (Å²) < 4.78 is 0. The fourth-order valence-electron chi connectivity index (χ4n) is 2.00. The van der Waals surface area contributed by atoms with E-state index in [1.165, 1.54) is 11.1 Å². The summed E-state index contributed by atoms with van der Waals surface area (Å²) in [6.45, 7) is 0. The number of hydrazone groups is 1. The van der Waals surface area contributed by atoms with Crippen LogP contribution in [0.25, 0.3) is 11.1 Å². The van der Waals surface area contributed by atoms with E-state index < -0.39 is 0 Å². The normalized spacial score (nSPS) is 14.4. The summed E-state index contributed by atoms with van der Waals surface area (Å²) >= 11 is 0. The molecule has 2 aromatic carbocycles. The number of hydrogen-bond acceptors (Lipinski definition) is 2. The number of nitrogens with zero attached hydrogens (tertiary/aromatic N) is 1. The maximum Gasteiger partial charge on any atom is 0.243 e. The van der Waals surface area contributed by atoms with Gasteiger partial charge in [-0.2, -0.15) is 5.10 Å². The van der Waals surface area contributed by atoms with Crippen molar-refractivity contribution in [3.8, 4) is 11.1 Å². The first-order valence-electron chi connectivity index (χ1n) is 6.81. The van der Waals surface area contributed by atoms with E-state index >= 15 is 0 Å². The second kappa shape index (κ2) is 5.70. The van der Waals surface area contributed by atoms with Gasteiger partial charge in [0.25, 0.3) is 0 Å². The van der Waals surface area contributed by atoms with E-state index in [1.54, 1.807) is 6.21 Å². The molecule has 1 aliphatic rings. The van der Waals surface area contributed by atoms with Crippen molar-refractivity contribution in [3.05, 3.63) is 60.2 Å². The van der Waals surface area contributed by atoms with Crippen LogP contribution in [0.5, 0.6) is 0 Å². The minimum absolute atomic E-state index is 0.0298. The Morgan fingerprint density at radius 1 is 1.00 bits per heavy atom. The molecule has 3 heteroatoms. The van der Waals surface area contributed by atoms with Crippen molar-refractivity contribution in [2.75, 3.05) is 0 Å². The molecule has 0 unspecified atom stereocenters. The fourth-order valence-corrected chi connectivity index (χ4v) is 2.00. The van der Waals surface area contributed by atoms with Crippen LogP contribution in [0.1, 0.15) is 18.4 Å².